The van der Waals surface area contributed by atoms with Gasteiger partial charge in [-0.2, -0.15) is 10.2 Å². The Kier molecular flexibility index (Phi) is 6.18. The van der Waals surface area contributed by atoms with E-state index in [1.807, 2.05) is 61.5 Å². The number of aromatic nitrogens is 5. The lowest BCUT2D eigenvalue weighted by molar-refractivity contribution is 0.396. The van der Waals surface area contributed by atoms with E-state index in [0.29, 0.717) is 33.9 Å². The van der Waals surface area contributed by atoms with Crippen molar-refractivity contribution in [1.82, 2.24) is 24.5 Å². The fraction of sp³-hybridized carbons (Fsp3) is 0.111. The molecule has 1 atom stereocenters. The van der Waals surface area contributed by atoms with Crippen molar-refractivity contribution in [2.75, 3.05) is 18.2 Å². The zero-order chi connectivity index (χ0) is 25.9. The highest BCUT2D eigenvalue weighted by molar-refractivity contribution is 5.95. The highest BCUT2D eigenvalue weighted by Gasteiger charge is 2.20. The third-order valence-corrected chi connectivity index (χ3v) is 5.91. The van der Waals surface area contributed by atoms with Gasteiger partial charge in [0.25, 0.3) is 5.56 Å². The van der Waals surface area contributed by atoms with E-state index >= 15 is 0 Å². The van der Waals surface area contributed by atoms with Crippen molar-refractivity contribution in [2.45, 2.75) is 13.0 Å². The number of pyridine rings is 1. The van der Waals surface area contributed by atoms with Gasteiger partial charge in [-0.15, -0.1) is 0 Å². The zero-order valence-electron chi connectivity index (χ0n) is 20.1. The number of nitrogens with zero attached hydrogens (tertiary/aromatic N) is 6. The van der Waals surface area contributed by atoms with Gasteiger partial charge in [0.05, 0.1) is 42.8 Å². The summed E-state index contributed by atoms with van der Waals surface area (Å²) in [5, 5.41) is 14.0. The first-order valence-corrected chi connectivity index (χ1v) is 11.4. The minimum absolute atomic E-state index is 0.0386. The standard InChI is InChI=1S/C27H22N8O2/c1-16(32-25-18(12-28)13-31-27(29)34-25)22-11-17-7-6-10-20(21-14-30-15-23(33-21)37-2)24(17)26(36)35(22)19-8-4-3-5-9-19/h3-11,13-16H,1-2H3,(H3,29,31,32,34). The number of rotatable bonds is 6. The van der Waals surface area contributed by atoms with Crippen molar-refractivity contribution < 1.29 is 4.74 Å². The SMILES string of the molecule is COc1cncc(-c2cccc3cc(C(C)Nc4nc(N)ncc4C#N)n(-c4ccccc4)c(=O)c23)n1. The lowest BCUT2D eigenvalue weighted by Gasteiger charge is -2.22. The van der Waals surface area contributed by atoms with Crippen LogP contribution in [0.2, 0.25) is 0 Å². The maximum atomic E-state index is 14.2. The lowest BCUT2D eigenvalue weighted by Crippen LogP contribution is -2.26. The molecule has 2 aromatic carbocycles. The number of hydrogen-bond acceptors (Lipinski definition) is 9. The van der Waals surface area contributed by atoms with Gasteiger partial charge >= 0.3 is 0 Å². The van der Waals surface area contributed by atoms with Crippen LogP contribution in [0.4, 0.5) is 11.8 Å². The molecule has 0 radical (unpaired) electrons. The number of nitriles is 1. The number of fused-ring (bicyclic) bond motifs is 1. The third-order valence-electron chi connectivity index (χ3n) is 5.91. The topological polar surface area (TPSA) is 145 Å². The summed E-state index contributed by atoms with van der Waals surface area (Å²) in [6.45, 7) is 1.89. The van der Waals surface area contributed by atoms with Crippen LogP contribution < -0.4 is 21.3 Å². The fourth-order valence-corrected chi connectivity index (χ4v) is 4.20. The molecular formula is C27H22N8O2. The first-order valence-electron chi connectivity index (χ1n) is 11.4. The summed E-state index contributed by atoms with van der Waals surface area (Å²) in [5.74, 6) is 0.677. The summed E-state index contributed by atoms with van der Waals surface area (Å²) < 4.78 is 6.89. The zero-order valence-corrected chi connectivity index (χ0v) is 20.1. The molecule has 182 valence electrons. The van der Waals surface area contributed by atoms with Crippen LogP contribution in [0.3, 0.4) is 0 Å². The second-order valence-electron chi connectivity index (χ2n) is 8.23. The van der Waals surface area contributed by atoms with E-state index in [-0.39, 0.29) is 22.9 Å². The third kappa shape index (κ3) is 4.41. The molecule has 0 spiro atoms. The van der Waals surface area contributed by atoms with Gasteiger partial charge < -0.3 is 15.8 Å². The smallest absolute Gasteiger partial charge is 0.263 e. The number of nitrogens with one attached hydrogen (secondary N) is 1. The van der Waals surface area contributed by atoms with E-state index in [9.17, 15) is 10.1 Å². The summed E-state index contributed by atoms with van der Waals surface area (Å²) in [6, 6.07) is 18.5. The molecule has 37 heavy (non-hydrogen) atoms. The predicted molar refractivity (Wildman–Crippen MR) is 140 cm³/mol. The van der Waals surface area contributed by atoms with Gasteiger partial charge in [0.15, 0.2) is 0 Å². The number of nitrogens with two attached hydrogens (primary N) is 1. The van der Waals surface area contributed by atoms with E-state index in [1.54, 1.807) is 10.8 Å². The van der Waals surface area contributed by atoms with Gasteiger partial charge in [-0.1, -0.05) is 36.4 Å². The molecule has 0 aliphatic heterocycles. The summed E-state index contributed by atoms with van der Waals surface area (Å²) in [7, 11) is 1.52. The van der Waals surface area contributed by atoms with Crippen molar-refractivity contribution in [3.8, 4) is 28.9 Å². The Bertz CT molecular complexity index is 1710. The number of nitrogen functional groups attached to an aromatic ring is 1. The van der Waals surface area contributed by atoms with Crippen LogP contribution in [-0.4, -0.2) is 31.6 Å². The molecule has 5 rings (SSSR count). The Balaban J connectivity index is 1.74. The Morgan fingerprint density at radius 3 is 2.65 bits per heavy atom. The highest BCUT2D eigenvalue weighted by Crippen LogP contribution is 2.30. The van der Waals surface area contributed by atoms with Crippen LogP contribution in [0.25, 0.3) is 27.7 Å². The molecule has 3 heterocycles. The highest BCUT2D eigenvalue weighted by atomic mass is 16.5. The Labute approximate surface area is 212 Å². The molecule has 10 nitrogen and oxygen atoms in total. The number of para-hydroxylation sites is 1. The fourth-order valence-electron chi connectivity index (χ4n) is 4.20. The van der Waals surface area contributed by atoms with E-state index in [1.165, 1.54) is 19.5 Å². The maximum absolute atomic E-state index is 14.2. The number of benzene rings is 2. The van der Waals surface area contributed by atoms with Crippen LogP contribution >= 0.6 is 0 Å². The van der Waals surface area contributed by atoms with Gasteiger partial charge in [-0.3, -0.25) is 14.3 Å². The van der Waals surface area contributed by atoms with Crippen molar-refractivity contribution in [1.29, 1.82) is 5.26 Å². The van der Waals surface area contributed by atoms with Gasteiger partial charge in [0.2, 0.25) is 11.8 Å². The number of ether oxygens (including phenoxy) is 1. The summed E-state index contributed by atoms with van der Waals surface area (Å²) in [4.78, 5) is 31.0. The summed E-state index contributed by atoms with van der Waals surface area (Å²) >= 11 is 0. The number of anilines is 2. The first kappa shape index (κ1) is 23.4. The largest absolute Gasteiger partial charge is 0.480 e. The van der Waals surface area contributed by atoms with Gasteiger partial charge in [-0.05, 0) is 30.5 Å². The van der Waals surface area contributed by atoms with Crippen molar-refractivity contribution in [2.24, 2.45) is 0 Å². The van der Waals surface area contributed by atoms with Crippen molar-refractivity contribution in [3.05, 3.63) is 94.8 Å². The molecule has 3 N–H and O–H groups in total. The molecule has 0 saturated carbocycles. The van der Waals surface area contributed by atoms with E-state index in [4.69, 9.17) is 10.5 Å². The quantitative estimate of drug-likeness (QED) is 0.362. The first-order chi connectivity index (χ1) is 18.0. The van der Waals surface area contributed by atoms with Crippen molar-refractivity contribution in [3.63, 3.8) is 0 Å². The molecule has 0 aliphatic rings. The Morgan fingerprint density at radius 1 is 1.08 bits per heavy atom. The van der Waals surface area contributed by atoms with Crippen molar-refractivity contribution >= 4 is 22.5 Å². The maximum Gasteiger partial charge on any atom is 0.263 e. The van der Waals surface area contributed by atoms with Crippen LogP contribution in [0, 0.1) is 11.3 Å². The van der Waals surface area contributed by atoms with Gasteiger partial charge in [-0.25, -0.2) is 9.97 Å². The van der Waals surface area contributed by atoms with Crippen LogP contribution in [0.15, 0.2) is 78.0 Å². The molecule has 0 saturated heterocycles. The van der Waals surface area contributed by atoms with Crippen LogP contribution in [0.1, 0.15) is 24.2 Å². The average molecular weight is 491 g/mol. The molecule has 0 bridgehead atoms. The van der Waals surface area contributed by atoms with E-state index in [2.05, 4.69) is 31.3 Å². The minimum atomic E-state index is -0.432. The molecule has 10 heteroatoms. The predicted octanol–water partition coefficient (Wildman–Crippen LogP) is 3.87. The van der Waals surface area contributed by atoms with Gasteiger partial charge in [0, 0.05) is 16.9 Å². The molecule has 0 amide bonds. The van der Waals surface area contributed by atoms with E-state index in [0.717, 1.165) is 5.39 Å². The Hall–Kier alpha value is -5.30. The van der Waals surface area contributed by atoms with Crippen LogP contribution in [-0.2, 0) is 0 Å². The molecule has 1 unspecified atom stereocenters. The van der Waals surface area contributed by atoms with E-state index < -0.39 is 6.04 Å². The van der Waals surface area contributed by atoms with Gasteiger partial charge in [0.1, 0.15) is 17.5 Å². The summed E-state index contributed by atoms with van der Waals surface area (Å²) in [6.07, 6.45) is 4.48. The van der Waals surface area contributed by atoms with Crippen LogP contribution in [0.5, 0.6) is 5.88 Å². The minimum Gasteiger partial charge on any atom is -0.480 e. The second-order valence-corrected chi connectivity index (χ2v) is 8.23. The molecule has 0 fully saturated rings. The average Bonchev–Trinajstić information content (AvgIpc) is 2.93. The molecule has 0 aliphatic carbocycles. The normalized spacial score (nSPS) is 11.6. The Morgan fingerprint density at radius 2 is 1.89 bits per heavy atom. The molecule has 5 aromatic rings. The lowest BCUT2D eigenvalue weighted by atomic mass is 10.0. The summed E-state index contributed by atoms with van der Waals surface area (Å²) in [5.41, 5.74) is 8.30. The number of hydrogen-bond donors (Lipinski definition) is 2. The molecular weight excluding hydrogens is 468 g/mol. The second kappa shape index (κ2) is 9.75. The monoisotopic (exact) mass is 490 g/mol. The number of methoxy groups -OCH3 is 1. The molecule has 3 aromatic heterocycles.